The van der Waals surface area contributed by atoms with Crippen LogP contribution in [-0.2, 0) is 0 Å². The van der Waals surface area contributed by atoms with E-state index in [2.05, 4.69) is 4.98 Å². The summed E-state index contributed by atoms with van der Waals surface area (Å²) < 4.78 is 29.2. The fraction of sp³-hybridized carbons (Fsp3) is 0.353. The minimum Gasteiger partial charge on any atom is -0.404 e. The molecule has 122 valence electrons. The van der Waals surface area contributed by atoms with Crippen LogP contribution in [0.3, 0.4) is 0 Å². The molecular weight excluding hydrogens is 298 g/mol. The number of benzene rings is 1. The number of alkyl halides is 1. The molecule has 1 aliphatic carbocycles. The summed E-state index contributed by atoms with van der Waals surface area (Å²) in [6.07, 6.45) is 3.65. The summed E-state index contributed by atoms with van der Waals surface area (Å²) in [7, 11) is 0. The molecule has 4 nitrogen and oxygen atoms in total. The Morgan fingerprint density at radius 3 is 2.70 bits per heavy atom. The van der Waals surface area contributed by atoms with Crippen LogP contribution in [0.2, 0.25) is 0 Å². The van der Waals surface area contributed by atoms with Crippen molar-refractivity contribution in [1.82, 2.24) is 9.55 Å². The molecule has 1 unspecified atom stereocenters. The molecule has 6 heteroatoms. The van der Waals surface area contributed by atoms with Gasteiger partial charge in [0.05, 0.1) is 11.0 Å². The molecule has 0 radical (unpaired) electrons. The Hall–Kier alpha value is -2.37. The smallest absolute Gasteiger partial charge is 0.142 e. The number of nitrogens with zero attached hydrogens (tertiary/aromatic N) is 2. The zero-order valence-electron chi connectivity index (χ0n) is 13.2. The second-order valence-electron chi connectivity index (χ2n) is 6.01. The molecule has 1 saturated carbocycles. The molecule has 3 rings (SSSR count). The van der Waals surface area contributed by atoms with Crippen molar-refractivity contribution in [2.45, 2.75) is 38.9 Å². The number of aryl methyl sites for hydroxylation is 1. The number of nitrogens with two attached hydrogens (primary N) is 2. The quantitative estimate of drug-likeness (QED) is 0.850. The molecule has 0 saturated heterocycles. The van der Waals surface area contributed by atoms with Crippen LogP contribution in [0.5, 0.6) is 0 Å². The van der Waals surface area contributed by atoms with E-state index >= 15 is 0 Å². The van der Waals surface area contributed by atoms with Gasteiger partial charge in [0, 0.05) is 29.6 Å². The monoisotopic (exact) mass is 318 g/mol. The topological polar surface area (TPSA) is 69.9 Å². The van der Waals surface area contributed by atoms with Crippen LogP contribution >= 0.6 is 0 Å². The summed E-state index contributed by atoms with van der Waals surface area (Å²) in [5.41, 5.74) is 14.0. The van der Waals surface area contributed by atoms with Gasteiger partial charge in [-0.2, -0.15) is 0 Å². The zero-order chi connectivity index (χ0) is 16.7. The van der Waals surface area contributed by atoms with Gasteiger partial charge in [-0.25, -0.2) is 13.8 Å². The lowest BCUT2D eigenvalue weighted by atomic mass is 10.2. The average molecular weight is 318 g/mol. The van der Waals surface area contributed by atoms with Crippen molar-refractivity contribution in [3.8, 4) is 0 Å². The second-order valence-corrected chi connectivity index (χ2v) is 6.01. The summed E-state index contributed by atoms with van der Waals surface area (Å²) in [6, 6.07) is 3.53. The Kier molecular flexibility index (Phi) is 3.83. The van der Waals surface area contributed by atoms with Crippen LogP contribution in [0.25, 0.3) is 16.6 Å². The lowest BCUT2D eigenvalue weighted by Gasteiger charge is -2.10. The molecule has 2 aromatic rings. The molecule has 1 aromatic carbocycles. The summed E-state index contributed by atoms with van der Waals surface area (Å²) in [4.78, 5) is 4.51. The zero-order valence-corrected chi connectivity index (χ0v) is 13.2. The van der Waals surface area contributed by atoms with Crippen LogP contribution in [0, 0.1) is 12.7 Å². The van der Waals surface area contributed by atoms with Crippen molar-refractivity contribution in [2.75, 3.05) is 0 Å². The highest BCUT2D eigenvalue weighted by Crippen LogP contribution is 2.40. The highest BCUT2D eigenvalue weighted by Gasteiger charge is 2.29. The highest BCUT2D eigenvalue weighted by atomic mass is 19.1. The van der Waals surface area contributed by atoms with Crippen molar-refractivity contribution in [2.24, 2.45) is 11.5 Å². The van der Waals surface area contributed by atoms with Crippen LogP contribution < -0.4 is 11.5 Å². The first-order valence-corrected chi connectivity index (χ1v) is 7.64. The maximum absolute atomic E-state index is 13.8. The molecule has 4 N–H and O–H groups in total. The maximum atomic E-state index is 13.8. The van der Waals surface area contributed by atoms with Gasteiger partial charge in [-0.15, -0.1) is 0 Å². The van der Waals surface area contributed by atoms with Crippen molar-refractivity contribution in [3.63, 3.8) is 0 Å². The van der Waals surface area contributed by atoms with Gasteiger partial charge in [-0.1, -0.05) is 0 Å². The van der Waals surface area contributed by atoms with E-state index in [1.807, 2.05) is 4.57 Å². The van der Waals surface area contributed by atoms with E-state index < -0.39 is 6.17 Å². The lowest BCUT2D eigenvalue weighted by Crippen LogP contribution is -2.10. The Labute approximate surface area is 133 Å². The highest BCUT2D eigenvalue weighted by molar-refractivity contribution is 5.83. The molecule has 1 heterocycles. The third kappa shape index (κ3) is 2.81. The standard InChI is InChI=1S/C17H20F2N4/c1-9-5-16-15(7-13(9)19)22-17(23(16)12-3-4-12)11(8-20)6-14(21)10(2)18/h5-8,10,12H,3-4,20-21H2,1-2H3/b11-8+,14-6-. The summed E-state index contributed by atoms with van der Waals surface area (Å²) in [5.74, 6) is 0.300. The summed E-state index contributed by atoms with van der Waals surface area (Å²) >= 11 is 0. The number of fused-ring (bicyclic) bond motifs is 1. The van der Waals surface area contributed by atoms with Crippen LogP contribution in [0.1, 0.15) is 37.2 Å². The first-order chi connectivity index (χ1) is 10.9. The van der Waals surface area contributed by atoms with E-state index in [4.69, 9.17) is 11.5 Å². The van der Waals surface area contributed by atoms with E-state index in [0.29, 0.717) is 28.5 Å². The third-order valence-electron chi connectivity index (χ3n) is 4.10. The van der Waals surface area contributed by atoms with E-state index in [9.17, 15) is 8.78 Å². The van der Waals surface area contributed by atoms with Crippen LogP contribution in [0.4, 0.5) is 8.78 Å². The summed E-state index contributed by atoms with van der Waals surface area (Å²) in [5, 5.41) is 0. The van der Waals surface area contributed by atoms with Gasteiger partial charge in [-0.05, 0) is 44.4 Å². The summed E-state index contributed by atoms with van der Waals surface area (Å²) in [6.45, 7) is 3.09. The number of imidazole rings is 1. The molecule has 1 aliphatic rings. The molecule has 0 spiro atoms. The molecular formula is C17H20F2N4. The number of hydrogen-bond acceptors (Lipinski definition) is 3. The van der Waals surface area contributed by atoms with Crippen molar-refractivity contribution in [1.29, 1.82) is 0 Å². The molecule has 1 fully saturated rings. The minimum atomic E-state index is -1.27. The van der Waals surface area contributed by atoms with Gasteiger partial charge in [-0.3, -0.25) is 0 Å². The Morgan fingerprint density at radius 2 is 2.13 bits per heavy atom. The van der Waals surface area contributed by atoms with E-state index in [1.165, 1.54) is 25.3 Å². The van der Waals surface area contributed by atoms with E-state index in [0.717, 1.165) is 18.4 Å². The van der Waals surface area contributed by atoms with Gasteiger partial charge < -0.3 is 16.0 Å². The number of hydrogen-bond donors (Lipinski definition) is 2. The van der Waals surface area contributed by atoms with Gasteiger partial charge >= 0.3 is 0 Å². The molecule has 23 heavy (non-hydrogen) atoms. The molecule has 0 bridgehead atoms. The van der Waals surface area contributed by atoms with Gasteiger partial charge in [0.1, 0.15) is 17.8 Å². The van der Waals surface area contributed by atoms with Crippen molar-refractivity contribution >= 4 is 16.6 Å². The van der Waals surface area contributed by atoms with Crippen molar-refractivity contribution < 1.29 is 8.78 Å². The normalized spacial score (nSPS) is 17.7. The Morgan fingerprint density at radius 1 is 1.43 bits per heavy atom. The number of allylic oxidation sites excluding steroid dienone is 3. The first kappa shape index (κ1) is 15.5. The lowest BCUT2D eigenvalue weighted by molar-refractivity contribution is 0.408. The molecule has 1 aromatic heterocycles. The molecule has 0 amide bonds. The number of rotatable bonds is 4. The fourth-order valence-corrected chi connectivity index (χ4v) is 2.61. The average Bonchev–Trinajstić information content (AvgIpc) is 3.27. The minimum absolute atomic E-state index is 0.0819. The Bertz CT molecular complexity index is 814. The molecule has 1 atom stereocenters. The second kappa shape index (κ2) is 5.68. The molecule has 0 aliphatic heterocycles. The van der Waals surface area contributed by atoms with Gasteiger partial charge in [0.15, 0.2) is 0 Å². The van der Waals surface area contributed by atoms with Gasteiger partial charge in [0.25, 0.3) is 0 Å². The third-order valence-corrected chi connectivity index (χ3v) is 4.10. The van der Waals surface area contributed by atoms with Gasteiger partial charge in [0.2, 0.25) is 0 Å². The predicted octanol–water partition coefficient (Wildman–Crippen LogP) is 3.32. The fourth-order valence-electron chi connectivity index (χ4n) is 2.61. The van der Waals surface area contributed by atoms with Crippen molar-refractivity contribution in [3.05, 3.63) is 47.3 Å². The first-order valence-electron chi connectivity index (χ1n) is 7.64. The van der Waals surface area contributed by atoms with Crippen LogP contribution in [-0.4, -0.2) is 15.7 Å². The number of aromatic nitrogens is 2. The SMILES string of the molecule is Cc1cc2c(cc1F)nc(C(/C=C(\N)C(C)F)=C/N)n2C1CC1. The largest absolute Gasteiger partial charge is 0.404 e. The van der Waals surface area contributed by atoms with Crippen LogP contribution in [0.15, 0.2) is 30.1 Å². The van der Waals surface area contributed by atoms with E-state index in [-0.39, 0.29) is 11.5 Å². The number of halogens is 2. The predicted molar refractivity (Wildman–Crippen MR) is 87.7 cm³/mol. The van der Waals surface area contributed by atoms with E-state index in [1.54, 1.807) is 13.0 Å². The Balaban J connectivity index is 2.20. The maximum Gasteiger partial charge on any atom is 0.142 e.